The SMILES string of the molecule is C#CC(NCc1ccc(-c2c(C#N)c3cc(F)c(OC(F)F)cc3n2C2CCC2)nc1)C(F)(F)F. The van der Waals surface area contributed by atoms with E-state index in [0.29, 0.717) is 22.5 Å². The van der Waals surface area contributed by atoms with Gasteiger partial charge in [-0.2, -0.15) is 27.2 Å². The standard InChI is InChI=1S/C24H18F6N4O/c1-2-21(24(28,29)30)33-12-13-6-7-18(32-11-13)22-16(10-31)15-8-17(25)20(35-23(26)27)9-19(15)34(22)14-4-3-5-14/h1,6-9,11,14,21,23,33H,3-5,12H2. The number of rotatable bonds is 7. The monoisotopic (exact) mass is 492 g/mol. The van der Waals surface area contributed by atoms with E-state index in [4.69, 9.17) is 6.42 Å². The van der Waals surface area contributed by atoms with Crippen LogP contribution in [0.25, 0.3) is 22.3 Å². The maximum Gasteiger partial charge on any atom is 0.415 e. The van der Waals surface area contributed by atoms with Crippen LogP contribution in [0.1, 0.15) is 36.4 Å². The Morgan fingerprint density at radius 1 is 1.26 bits per heavy atom. The van der Waals surface area contributed by atoms with Crippen molar-refractivity contribution in [3.05, 3.63) is 47.4 Å². The summed E-state index contributed by atoms with van der Waals surface area (Å²) in [6.07, 6.45) is 4.13. The van der Waals surface area contributed by atoms with E-state index in [1.165, 1.54) is 18.3 Å². The Labute approximate surface area is 196 Å². The van der Waals surface area contributed by atoms with E-state index in [9.17, 15) is 31.6 Å². The first-order chi connectivity index (χ1) is 16.6. The fraction of sp³-hybridized carbons (Fsp3) is 0.333. The average Bonchev–Trinajstić information content (AvgIpc) is 3.05. The van der Waals surface area contributed by atoms with E-state index in [1.54, 1.807) is 10.5 Å². The van der Waals surface area contributed by atoms with Crippen LogP contribution in [-0.4, -0.2) is 28.4 Å². The second kappa shape index (κ2) is 9.51. The Kier molecular flexibility index (Phi) is 6.64. The number of hydrogen-bond acceptors (Lipinski definition) is 4. The lowest BCUT2D eigenvalue weighted by molar-refractivity contribution is -0.142. The number of terminal acetylenes is 1. The zero-order valence-corrected chi connectivity index (χ0v) is 18.0. The average molecular weight is 492 g/mol. The summed E-state index contributed by atoms with van der Waals surface area (Å²) in [5.41, 5.74) is 1.58. The van der Waals surface area contributed by atoms with Gasteiger partial charge in [0.2, 0.25) is 0 Å². The number of alkyl halides is 5. The third kappa shape index (κ3) is 4.77. The van der Waals surface area contributed by atoms with E-state index in [-0.39, 0.29) is 23.5 Å². The highest BCUT2D eigenvalue weighted by atomic mass is 19.4. The molecule has 0 aliphatic heterocycles. The lowest BCUT2D eigenvalue weighted by Gasteiger charge is -2.30. The van der Waals surface area contributed by atoms with Crippen molar-refractivity contribution in [1.29, 1.82) is 5.26 Å². The minimum Gasteiger partial charge on any atom is -0.432 e. The number of nitrogens with zero attached hydrogens (tertiary/aromatic N) is 3. The number of nitriles is 1. The van der Waals surface area contributed by atoms with Crippen LogP contribution in [0.3, 0.4) is 0 Å². The molecule has 2 heterocycles. The number of aromatic nitrogens is 2. The Bertz CT molecular complexity index is 1310. The number of pyridine rings is 1. The molecule has 0 spiro atoms. The van der Waals surface area contributed by atoms with Crippen molar-refractivity contribution in [1.82, 2.24) is 14.9 Å². The molecular weight excluding hydrogens is 474 g/mol. The van der Waals surface area contributed by atoms with Crippen LogP contribution in [0.5, 0.6) is 5.75 Å². The summed E-state index contributed by atoms with van der Waals surface area (Å²) in [6, 6.07) is 5.07. The van der Waals surface area contributed by atoms with Crippen LogP contribution in [0.2, 0.25) is 0 Å². The van der Waals surface area contributed by atoms with E-state index in [0.717, 1.165) is 31.4 Å². The number of hydrogen-bond donors (Lipinski definition) is 1. The molecule has 1 unspecified atom stereocenters. The number of nitrogens with one attached hydrogen (secondary N) is 1. The normalized spacial score (nSPS) is 15.0. The van der Waals surface area contributed by atoms with E-state index in [2.05, 4.69) is 21.1 Å². The molecule has 1 aliphatic carbocycles. The predicted molar refractivity (Wildman–Crippen MR) is 115 cm³/mol. The third-order valence-corrected chi connectivity index (χ3v) is 5.90. The maximum absolute atomic E-state index is 14.5. The van der Waals surface area contributed by atoms with Crippen LogP contribution in [0.4, 0.5) is 26.3 Å². The molecule has 0 amide bonds. The van der Waals surface area contributed by atoms with Gasteiger partial charge in [-0.1, -0.05) is 12.0 Å². The zero-order valence-electron chi connectivity index (χ0n) is 18.0. The van der Waals surface area contributed by atoms with Gasteiger partial charge in [0.15, 0.2) is 17.6 Å². The van der Waals surface area contributed by atoms with Crippen molar-refractivity contribution >= 4 is 10.9 Å². The van der Waals surface area contributed by atoms with Crippen molar-refractivity contribution in [2.24, 2.45) is 0 Å². The van der Waals surface area contributed by atoms with Crippen molar-refractivity contribution in [3.63, 3.8) is 0 Å². The fourth-order valence-electron chi connectivity index (χ4n) is 4.04. The summed E-state index contributed by atoms with van der Waals surface area (Å²) >= 11 is 0. The molecule has 1 aliphatic rings. The van der Waals surface area contributed by atoms with Crippen LogP contribution >= 0.6 is 0 Å². The van der Waals surface area contributed by atoms with Crippen LogP contribution in [-0.2, 0) is 6.54 Å². The number of halogens is 6. The fourth-order valence-corrected chi connectivity index (χ4v) is 4.04. The molecule has 1 aromatic carbocycles. The first-order valence-corrected chi connectivity index (χ1v) is 10.6. The number of ether oxygens (including phenoxy) is 1. The van der Waals surface area contributed by atoms with Gasteiger partial charge in [-0.3, -0.25) is 10.3 Å². The molecule has 4 rings (SSSR count). The van der Waals surface area contributed by atoms with Crippen LogP contribution in [0.15, 0.2) is 30.5 Å². The third-order valence-electron chi connectivity index (χ3n) is 5.90. The molecule has 1 N–H and O–H groups in total. The minimum atomic E-state index is -4.60. The second-order valence-corrected chi connectivity index (χ2v) is 8.04. The maximum atomic E-state index is 14.5. The Morgan fingerprint density at radius 3 is 2.51 bits per heavy atom. The topological polar surface area (TPSA) is 62.9 Å². The first kappa shape index (κ1) is 24.4. The van der Waals surface area contributed by atoms with Gasteiger partial charge in [0.25, 0.3) is 0 Å². The highest BCUT2D eigenvalue weighted by Gasteiger charge is 2.38. The quantitative estimate of drug-likeness (QED) is 0.340. The van der Waals surface area contributed by atoms with Crippen molar-refractivity contribution in [3.8, 4) is 35.6 Å². The predicted octanol–water partition coefficient (Wildman–Crippen LogP) is 5.69. The number of benzene rings is 1. The molecule has 2 aromatic heterocycles. The smallest absolute Gasteiger partial charge is 0.415 e. The Hall–Kier alpha value is -3.70. The van der Waals surface area contributed by atoms with Gasteiger partial charge in [0, 0.05) is 30.2 Å². The summed E-state index contributed by atoms with van der Waals surface area (Å²) in [6.45, 7) is -3.42. The van der Waals surface area contributed by atoms with Gasteiger partial charge >= 0.3 is 12.8 Å². The van der Waals surface area contributed by atoms with E-state index in [1.807, 2.05) is 0 Å². The van der Waals surface area contributed by atoms with Gasteiger partial charge in [-0.05, 0) is 37.0 Å². The van der Waals surface area contributed by atoms with E-state index >= 15 is 0 Å². The summed E-state index contributed by atoms with van der Waals surface area (Å²) in [7, 11) is 0. The van der Waals surface area contributed by atoms with Crippen molar-refractivity contribution in [2.45, 2.75) is 50.7 Å². The lowest BCUT2D eigenvalue weighted by Crippen LogP contribution is -2.40. The molecule has 1 atom stereocenters. The van der Waals surface area contributed by atoms with Gasteiger partial charge in [0.1, 0.15) is 6.07 Å². The number of fused-ring (bicyclic) bond motifs is 1. The summed E-state index contributed by atoms with van der Waals surface area (Å²) < 4.78 is 84.6. The Balaban J connectivity index is 1.76. The van der Waals surface area contributed by atoms with E-state index < -0.39 is 30.4 Å². The highest BCUT2D eigenvalue weighted by Crippen LogP contribution is 2.43. The Morgan fingerprint density at radius 2 is 2.00 bits per heavy atom. The highest BCUT2D eigenvalue weighted by molar-refractivity contribution is 5.95. The van der Waals surface area contributed by atoms with Crippen LogP contribution < -0.4 is 10.1 Å². The largest absolute Gasteiger partial charge is 0.432 e. The molecule has 182 valence electrons. The molecule has 11 heteroatoms. The molecule has 1 fully saturated rings. The minimum absolute atomic E-state index is 0.0641. The van der Waals surface area contributed by atoms with Crippen molar-refractivity contribution < 1.29 is 31.1 Å². The van der Waals surface area contributed by atoms with Crippen LogP contribution in [0, 0.1) is 29.5 Å². The molecule has 1 saturated carbocycles. The summed E-state index contributed by atoms with van der Waals surface area (Å²) in [4.78, 5) is 4.32. The zero-order chi connectivity index (χ0) is 25.3. The molecule has 0 saturated heterocycles. The van der Waals surface area contributed by atoms with Gasteiger partial charge in [0.05, 0.1) is 22.5 Å². The van der Waals surface area contributed by atoms with Gasteiger partial charge in [-0.25, -0.2) is 4.39 Å². The van der Waals surface area contributed by atoms with Crippen molar-refractivity contribution in [2.75, 3.05) is 0 Å². The molecule has 0 bridgehead atoms. The molecular formula is C24H18F6N4O. The molecule has 5 nitrogen and oxygen atoms in total. The summed E-state index contributed by atoms with van der Waals surface area (Å²) in [5.74, 6) is -0.0197. The first-order valence-electron chi connectivity index (χ1n) is 10.6. The summed E-state index contributed by atoms with van der Waals surface area (Å²) in [5, 5.41) is 12.3. The molecule has 35 heavy (non-hydrogen) atoms. The van der Waals surface area contributed by atoms with Gasteiger partial charge in [-0.15, -0.1) is 6.42 Å². The second-order valence-electron chi connectivity index (χ2n) is 8.04. The molecule has 3 aromatic rings. The lowest BCUT2D eigenvalue weighted by atomic mass is 9.92. The molecule has 0 radical (unpaired) electrons. The van der Waals surface area contributed by atoms with Gasteiger partial charge < -0.3 is 9.30 Å².